The molecule has 8 nitrogen and oxygen atoms in total. The molecule has 0 saturated heterocycles. The first-order valence-electron chi connectivity index (χ1n) is 9.44. The molecular formula is C22H20N6O2. The molecule has 0 saturated carbocycles. The number of azide groups is 1. The number of hydrogen-bond acceptors (Lipinski definition) is 4. The standard InChI is InChI=1S/C22H20N6O2/c1-15-21(26-20(29)9-5-8-16-6-3-2-4-7-16)24-14-19(25-15)17-10-12-18(13-11-17)22(30)27-28-23/h2-4,6-7,10-14H,5,8-9H2,1H3,(H,24,26,29). The fraction of sp³-hybridized carbons (Fsp3) is 0.182. The van der Waals surface area contributed by atoms with Crippen LogP contribution in [0.4, 0.5) is 5.82 Å². The zero-order valence-electron chi connectivity index (χ0n) is 16.4. The highest BCUT2D eigenvalue weighted by Gasteiger charge is 2.10. The summed E-state index contributed by atoms with van der Waals surface area (Å²) in [5.74, 6) is -0.313. The van der Waals surface area contributed by atoms with Gasteiger partial charge in [-0.15, -0.1) is 0 Å². The molecular weight excluding hydrogens is 380 g/mol. The highest BCUT2D eigenvalue weighted by Crippen LogP contribution is 2.20. The Balaban J connectivity index is 1.60. The van der Waals surface area contributed by atoms with Gasteiger partial charge in [0.25, 0.3) is 0 Å². The van der Waals surface area contributed by atoms with Crippen molar-refractivity contribution in [3.63, 3.8) is 0 Å². The van der Waals surface area contributed by atoms with Crippen molar-refractivity contribution in [2.24, 2.45) is 5.11 Å². The van der Waals surface area contributed by atoms with E-state index in [1.807, 2.05) is 30.3 Å². The summed E-state index contributed by atoms with van der Waals surface area (Å²) in [5, 5.41) is 5.87. The van der Waals surface area contributed by atoms with Crippen molar-refractivity contribution >= 4 is 17.6 Å². The number of nitrogens with one attached hydrogen (secondary N) is 1. The second-order valence-corrected chi connectivity index (χ2v) is 6.65. The largest absolute Gasteiger partial charge is 0.309 e. The lowest BCUT2D eigenvalue weighted by atomic mass is 10.1. The van der Waals surface area contributed by atoms with Gasteiger partial charge in [-0.1, -0.05) is 54.6 Å². The summed E-state index contributed by atoms with van der Waals surface area (Å²) in [6.45, 7) is 1.77. The van der Waals surface area contributed by atoms with Crippen LogP contribution < -0.4 is 5.32 Å². The van der Waals surface area contributed by atoms with Gasteiger partial charge >= 0.3 is 0 Å². The summed E-state index contributed by atoms with van der Waals surface area (Å²) in [6, 6.07) is 16.6. The lowest BCUT2D eigenvalue weighted by Crippen LogP contribution is -2.14. The van der Waals surface area contributed by atoms with Crippen LogP contribution in [0.5, 0.6) is 0 Å². The Bertz CT molecular complexity index is 1090. The molecule has 8 heteroatoms. The number of amides is 2. The van der Waals surface area contributed by atoms with Crippen LogP contribution in [0.15, 0.2) is 65.9 Å². The van der Waals surface area contributed by atoms with Gasteiger partial charge in [0, 0.05) is 22.5 Å². The Morgan fingerprint density at radius 2 is 1.83 bits per heavy atom. The Morgan fingerprint density at radius 1 is 1.10 bits per heavy atom. The summed E-state index contributed by atoms with van der Waals surface area (Å²) in [5.41, 5.74) is 11.8. The molecule has 0 fully saturated rings. The molecule has 0 radical (unpaired) electrons. The zero-order valence-corrected chi connectivity index (χ0v) is 16.4. The van der Waals surface area contributed by atoms with Gasteiger partial charge < -0.3 is 5.32 Å². The summed E-state index contributed by atoms with van der Waals surface area (Å²) in [6.07, 6.45) is 3.56. The molecule has 3 rings (SSSR count). The minimum absolute atomic E-state index is 0.100. The Hall–Kier alpha value is -4.03. The third kappa shape index (κ3) is 5.50. The van der Waals surface area contributed by atoms with Gasteiger partial charge in [-0.05, 0) is 36.0 Å². The molecule has 0 aliphatic heterocycles. The summed E-state index contributed by atoms with van der Waals surface area (Å²) in [7, 11) is 0. The first kappa shape index (κ1) is 20.7. The molecule has 0 atom stereocenters. The van der Waals surface area contributed by atoms with E-state index < -0.39 is 5.91 Å². The summed E-state index contributed by atoms with van der Waals surface area (Å²) < 4.78 is 0. The van der Waals surface area contributed by atoms with E-state index in [1.54, 1.807) is 37.4 Å². The second kappa shape index (κ2) is 9.95. The molecule has 0 spiro atoms. The smallest absolute Gasteiger partial charge is 0.249 e. The van der Waals surface area contributed by atoms with Crippen LogP contribution in [-0.4, -0.2) is 21.8 Å². The number of carbonyl (C=O) groups excluding carboxylic acids is 2. The minimum atomic E-state index is -0.642. The molecule has 2 amide bonds. The van der Waals surface area contributed by atoms with E-state index in [1.165, 1.54) is 5.56 Å². The van der Waals surface area contributed by atoms with Crippen LogP contribution in [0.3, 0.4) is 0 Å². The molecule has 1 N–H and O–H groups in total. The van der Waals surface area contributed by atoms with Gasteiger partial charge in [0.2, 0.25) is 11.8 Å². The number of aryl methyl sites for hydroxylation is 2. The number of hydrogen-bond donors (Lipinski definition) is 1. The van der Waals surface area contributed by atoms with Crippen LogP contribution >= 0.6 is 0 Å². The Morgan fingerprint density at radius 3 is 2.50 bits per heavy atom. The molecule has 3 aromatic rings. The maximum atomic E-state index is 12.2. The molecule has 0 unspecified atom stereocenters. The van der Waals surface area contributed by atoms with Crippen LogP contribution in [0, 0.1) is 6.92 Å². The van der Waals surface area contributed by atoms with Crippen molar-refractivity contribution in [3.05, 3.63) is 88.1 Å². The van der Waals surface area contributed by atoms with E-state index in [4.69, 9.17) is 5.53 Å². The number of aromatic nitrogens is 2. The van der Waals surface area contributed by atoms with Crippen LogP contribution in [0.25, 0.3) is 21.7 Å². The molecule has 1 heterocycles. The first-order valence-corrected chi connectivity index (χ1v) is 9.44. The molecule has 0 bridgehead atoms. The average molecular weight is 400 g/mol. The molecule has 2 aromatic carbocycles. The van der Waals surface area contributed by atoms with Gasteiger partial charge in [0.1, 0.15) is 0 Å². The van der Waals surface area contributed by atoms with Crippen molar-refractivity contribution < 1.29 is 9.59 Å². The third-order valence-electron chi connectivity index (χ3n) is 4.48. The predicted molar refractivity (Wildman–Crippen MR) is 114 cm³/mol. The third-order valence-corrected chi connectivity index (χ3v) is 4.48. The fourth-order valence-corrected chi connectivity index (χ4v) is 2.92. The second-order valence-electron chi connectivity index (χ2n) is 6.65. The lowest BCUT2D eigenvalue weighted by molar-refractivity contribution is -0.116. The SMILES string of the molecule is Cc1nc(-c2ccc(C(=O)N=[N+]=[N-])cc2)cnc1NC(=O)CCCc1ccccc1. The molecule has 150 valence electrons. The monoisotopic (exact) mass is 400 g/mol. The number of nitrogens with zero attached hydrogens (tertiary/aromatic N) is 5. The van der Waals surface area contributed by atoms with E-state index in [2.05, 4.69) is 25.3 Å². The first-order chi connectivity index (χ1) is 14.6. The fourth-order valence-electron chi connectivity index (χ4n) is 2.92. The zero-order chi connectivity index (χ0) is 21.3. The van der Waals surface area contributed by atoms with Gasteiger partial charge in [-0.3, -0.25) is 9.59 Å². The number of anilines is 1. The predicted octanol–water partition coefficient (Wildman–Crippen LogP) is 4.86. The van der Waals surface area contributed by atoms with E-state index in [-0.39, 0.29) is 5.91 Å². The van der Waals surface area contributed by atoms with Gasteiger partial charge in [-0.2, -0.15) is 0 Å². The maximum Gasteiger partial charge on any atom is 0.249 e. The van der Waals surface area contributed by atoms with E-state index in [0.29, 0.717) is 29.2 Å². The minimum Gasteiger partial charge on any atom is -0.309 e. The van der Waals surface area contributed by atoms with Crippen molar-refractivity contribution in [1.82, 2.24) is 9.97 Å². The Kier molecular flexibility index (Phi) is 6.87. The van der Waals surface area contributed by atoms with Crippen molar-refractivity contribution in [2.75, 3.05) is 5.32 Å². The van der Waals surface area contributed by atoms with Gasteiger partial charge in [0.05, 0.1) is 17.6 Å². The highest BCUT2D eigenvalue weighted by molar-refractivity contribution is 5.95. The molecule has 30 heavy (non-hydrogen) atoms. The van der Waals surface area contributed by atoms with Crippen molar-refractivity contribution in [1.29, 1.82) is 0 Å². The average Bonchev–Trinajstić information content (AvgIpc) is 2.76. The number of benzene rings is 2. The van der Waals surface area contributed by atoms with E-state index >= 15 is 0 Å². The highest BCUT2D eigenvalue weighted by atomic mass is 16.2. The molecule has 0 aliphatic carbocycles. The lowest BCUT2D eigenvalue weighted by Gasteiger charge is -2.09. The number of carbonyl (C=O) groups is 2. The Labute approximate surface area is 173 Å². The van der Waals surface area contributed by atoms with Gasteiger partial charge in [0.15, 0.2) is 5.82 Å². The van der Waals surface area contributed by atoms with Gasteiger partial charge in [-0.25, -0.2) is 9.97 Å². The normalized spacial score (nSPS) is 10.2. The van der Waals surface area contributed by atoms with Crippen LogP contribution in [0.1, 0.15) is 34.5 Å². The van der Waals surface area contributed by atoms with Crippen LogP contribution in [-0.2, 0) is 11.2 Å². The molecule has 0 aliphatic rings. The number of rotatable bonds is 7. The van der Waals surface area contributed by atoms with E-state index in [0.717, 1.165) is 18.4 Å². The summed E-state index contributed by atoms with van der Waals surface area (Å²) in [4.78, 5) is 35.1. The van der Waals surface area contributed by atoms with E-state index in [9.17, 15) is 9.59 Å². The van der Waals surface area contributed by atoms with Crippen LogP contribution in [0.2, 0.25) is 0 Å². The summed E-state index contributed by atoms with van der Waals surface area (Å²) >= 11 is 0. The maximum absolute atomic E-state index is 12.2. The topological polar surface area (TPSA) is 121 Å². The van der Waals surface area contributed by atoms with Crippen molar-refractivity contribution in [2.45, 2.75) is 26.2 Å². The molecule has 1 aromatic heterocycles. The quantitative estimate of drug-likeness (QED) is 0.346. The van der Waals surface area contributed by atoms with Crippen molar-refractivity contribution in [3.8, 4) is 11.3 Å².